The fourth-order valence-corrected chi connectivity index (χ4v) is 5.54. The zero-order valence-electron chi connectivity index (χ0n) is 15.6. The lowest BCUT2D eigenvalue weighted by molar-refractivity contribution is 0.242. The Morgan fingerprint density at radius 3 is 2.89 bits per heavy atom. The number of rotatable bonds is 4. The van der Waals surface area contributed by atoms with Crippen molar-refractivity contribution < 1.29 is 0 Å². The van der Waals surface area contributed by atoms with Gasteiger partial charge in [0.1, 0.15) is 17.0 Å². The van der Waals surface area contributed by atoms with Crippen molar-refractivity contribution >= 4 is 39.1 Å². The maximum atomic E-state index is 12.4. The number of piperazine rings is 1. The van der Waals surface area contributed by atoms with E-state index in [4.69, 9.17) is 0 Å². The SMILES string of the molecule is O=c1cc2c(nn1CCN1CCN(c3ncnc4sccc34)CC1)CCSC2. The minimum Gasteiger partial charge on any atom is -0.353 e. The van der Waals surface area contributed by atoms with Crippen LogP contribution in [-0.2, 0) is 18.7 Å². The van der Waals surface area contributed by atoms with Gasteiger partial charge in [0.05, 0.1) is 17.6 Å². The third kappa shape index (κ3) is 3.54. The lowest BCUT2D eigenvalue weighted by atomic mass is 10.2. The summed E-state index contributed by atoms with van der Waals surface area (Å²) in [5.41, 5.74) is 2.25. The number of nitrogens with zero attached hydrogens (tertiary/aromatic N) is 6. The minimum absolute atomic E-state index is 0.0284. The number of thiophene rings is 1. The summed E-state index contributed by atoms with van der Waals surface area (Å²) in [5.74, 6) is 3.05. The predicted octanol–water partition coefficient (Wildman–Crippen LogP) is 1.86. The van der Waals surface area contributed by atoms with Gasteiger partial charge in [0.25, 0.3) is 5.56 Å². The lowest BCUT2D eigenvalue weighted by Gasteiger charge is -2.35. The van der Waals surface area contributed by atoms with Crippen LogP contribution in [0.1, 0.15) is 11.3 Å². The van der Waals surface area contributed by atoms with Crippen LogP contribution in [0.2, 0.25) is 0 Å². The van der Waals surface area contributed by atoms with Crippen LogP contribution in [0.4, 0.5) is 5.82 Å². The monoisotopic (exact) mass is 414 g/mol. The van der Waals surface area contributed by atoms with Crippen molar-refractivity contribution in [2.45, 2.75) is 18.7 Å². The molecule has 2 aliphatic rings. The normalized spacial score (nSPS) is 17.8. The topological polar surface area (TPSA) is 67.2 Å². The summed E-state index contributed by atoms with van der Waals surface area (Å²) in [6.45, 7) is 5.31. The van der Waals surface area contributed by atoms with Gasteiger partial charge in [0.15, 0.2) is 0 Å². The van der Waals surface area contributed by atoms with Crippen molar-refractivity contribution in [2.24, 2.45) is 0 Å². The number of aromatic nitrogens is 4. The molecule has 0 amide bonds. The van der Waals surface area contributed by atoms with Crippen molar-refractivity contribution in [3.05, 3.63) is 45.5 Å². The van der Waals surface area contributed by atoms with Gasteiger partial charge < -0.3 is 4.90 Å². The molecule has 2 aliphatic heterocycles. The van der Waals surface area contributed by atoms with Gasteiger partial charge in [-0.2, -0.15) is 16.9 Å². The molecule has 1 fully saturated rings. The van der Waals surface area contributed by atoms with Crippen LogP contribution >= 0.6 is 23.1 Å². The van der Waals surface area contributed by atoms with E-state index >= 15 is 0 Å². The fraction of sp³-hybridized carbons (Fsp3) is 0.474. The molecule has 0 unspecified atom stereocenters. The zero-order valence-corrected chi connectivity index (χ0v) is 17.2. The Balaban J connectivity index is 1.21. The molecule has 5 heterocycles. The summed E-state index contributed by atoms with van der Waals surface area (Å²) in [6, 6.07) is 3.89. The summed E-state index contributed by atoms with van der Waals surface area (Å²) in [6.07, 6.45) is 2.63. The summed E-state index contributed by atoms with van der Waals surface area (Å²) in [7, 11) is 0. The van der Waals surface area contributed by atoms with Crippen molar-refractivity contribution in [3.8, 4) is 0 Å². The fourth-order valence-electron chi connectivity index (χ4n) is 3.86. The Hall–Kier alpha value is -1.97. The van der Waals surface area contributed by atoms with E-state index in [-0.39, 0.29) is 5.56 Å². The Morgan fingerprint density at radius 2 is 2.00 bits per heavy atom. The quantitative estimate of drug-likeness (QED) is 0.645. The van der Waals surface area contributed by atoms with Gasteiger partial charge in [0.2, 0.25) is 0 Å². The zero-order chi connectivity index (χ0) is 18.9. The van der Waals surface area contributed by atoms with Crippen LogP contribution in [0.3, 0.4) is 0 Å². The van der Waals surface area contributed by atoms with E-state index in [1.807, 2.05) is 11.8 Å². The summed E-state index contributed by atoms with van der Waals surface area (Å²) >= 11 is 3.53. The molecule has 0 saturated carbocycles. The second-order valence-corrected chi connectivity index (χ2v) is 9.15. The van der Waals surface area contributed by atoms with E-state index in [2.05, 4.69) is 36.3 Å². The Kier molecular flexibility index (Phi) is 5.04. The van der Waals surface area contributed by atoms with E-state index < -0.39 is 0 Å². The molecule has 3 aromatic rings. The highest BCUT2D eigenvalue weighted by molar-refractivity contribution is 7.98. The molecule has 9 heteroatoms. The molecule has 1 saturated heterocycles. The number of anilines is 1. The van der Waals surface area contributed by atoms with Crippen LogP contribution in [0.15, 0.2) is 28.6 Å². The van der Waals surface area contributed by atoms with Gasteiger partial charge in [-0.3, -0.25) is 9.69 Å². The third-order valence-corrected chi connectivity index (χ3v) is 7.27. The molecule has 0 aromatic carbocycles. The van der Waals surface area contributed by atoms with E-state index in [9.17, 15) is 4.79 Å². The largest absolute Gasteiger partial charge is 0.353 e. The Bertz CT molecular complexity index is 1040. The van der Waals surface area contributed by atoms with Crippen molar-refractivity contribution in [2.75, 3.05) is 43.4 Å². The average molecular weight is 415 g/mol. The maximum absolute atomic E-state index is 12.4. The molecule has 0 spiro atoms. The summed E-state index contributed by atoms with van der Waals surface area (Å²) in [5, 5.41) is 7.84. The highest BCUT2D eigenvalue weighted by Crippen LogP contribution is 2.27. The molecule has 0 atom stereocenters. The van der Waals surface area contributed by atoms with E-state index in [1.165, 1.54) is 0 Å². The Morgan fingerprint density at radius 1 is 1.11 bits per heavy atom. The average Bonchev–Trinajstić information content (AvgIpc) is 3.22. The van der Waals surface area contributed by atoms with Crippen LogP contribution in [-0.4, -0.2) is 63.1 Å². The van der Waals surface area contributed by atoms with Gasteiger partial charge in [-0.05, 0) is 22.8 Å². The first kappa shape index (κ1) is 18.1. The molecular weight excluding hydrogens is 392 g/mol. The lowest BCUT2D eigenvalue weighted by Crippen LogP contribution is -2.48. The van der Waals surface area contributed by atoms with E-state index in [0.29, 0.717) is 6.54 Å². The van der Waals surface area contributed by atoms with Crippen molar-refractivity contribution in [1.29, 1.82) is 0 Å². The smallest absolute Gasteiger partial charge is 0.267 e. The highest BCUT2D eigenvalue weighted by atomic mass is 32.2. The molecule has 3 aromatic heterocycles. The molecule has 7 nitrogen and oxygen atoms in total. The van der Waals surface area contributed by atoms with Gasteiger partial charge >= 0.3 is 0 Å². The van der Waals surface area contributed by atoms with Gasteiger partial charge in [-0.25, -0.2) is 14.6 Å². The molecule has 0 radical (unpaired) electrons. The Labute approximate surface area is 171 Å². The molecule has 146 valence electrons. The second-order valence-electron chi connectivity index (χ2n) is 7.15. The summed E-state index contributed by atoms with van der Waals surface area (Å²) in [4.78, 5) is 27.0. The van der Waals surface area contributed by atoms with Crippen LogP contribution in [0.5, 0.6) is 0 Å². The van der Waals surface area contributed by atoms with Gasteiger partial charge in [-0.1, -0.05) is 0 Å². The number of thioether (sulfide) groups is 1. The van der Waals surface area contributed by atoms with Gasteiger partial charge in [-0.15, -0.1) is 11.3 Å². The first-order valence-electron chi connectivity index (χ1n) is 9.61. The van der Waals surface area contributed by atoms with E-state index in [0.717, 1.165) is 77.9 Å². The predicted molar refractivity (Wildman–Crippen MR) is 114 cm³/mol. The van der Waals surface area contributed by atoms with Crippen molar-refractivity contribution in [1.82, 2.24) is 24.6 Å². The summed E-state index contributed by atoms with van der Waals surface area (Å²) < 4.78 is 1.65. The molecule has 0 N–H and O–H groups in total. The van der Waals surface area contributed by atoms with Crippen molar-refractivity contribution in [3.63, 3.8) is 0 Å². The minimum atomic E-state index is 0.0284. The van der Waals surface area contributed by atoms with Crippen LogP contribution in [0, 0.1) is 0 Å². The van der Waals surface area contributed by atoms with Crippen LogP contribution in [0.25, 0.3) is 10.2 Å². The van der Waals surface area contributed by atoms with Crippen LogP contribution < -0.4 is 10.5 Å². The third-order valence-electron chi connectivity index (χ3n) is 5.45. The molecular formula is C19H22N6OS2. The van der Waals surface area contributed by atoms with E-state index in [1.54, 1.807) is 28.4 Å². The second kappa shape index (κ2) is 7.81. The first-order valence-corrected chi connectivity index (χ1v) is 11.6. The number of aryl methyl sites for hydroxylation is 1. The standard InChI is InChI=1S/C19H22N6OS2/c26-17-11-14-12-27-9-2-16(14)22-25(17)8-5-23-3-6-24(7-4-23)18-15-1-10-28-19(15)21-13-20-18/h1,10-11,13H,2-9,12H2. The van der Waals surface area contributed by atoms with Gasteiger partial charge in [0, 0.05) is 51.0 Å². The highest BCUT2D eigenvalue weighted by Gasteiger charge is 2.20. The maximum Gasteiger partial charge on any atom is 0.267 e. The number of fused-ring (bicyclic) bond motifs is 2. The molecule has 28 heavy (non-hydrogen) atoms. The number of hydrogen-bond donors (Lipinski definition) is 0. The number of hydrogen-bond acceptors (Lipinski definition) is 8. The first-order chi connectivity index (χ1) is 13.8. The molecule has 0 aliphatic carbocycles. The molecule has 5 rings (SSSR count). The molecule has 0 bridgehead atoms.